The number of aromatic nitrogens is 3. The second-order valence-electron chi connectivity index (χ2n) is 5.82. The van der Waals surface area contributed by atoms with Gasteiger partial charge in [0.2, 0.25) is 10.0 Å². The molecule has 2 aromatic heterocycles. The second kappa shape index (κ2) is 7.51. The quantitative estimate of drug-likeness (QED) is 0.671. The number of nitrogens with two attached hydrogens (primary N) is 1. The van der Waals surface area contributed by atoms with Crippen molar-refractivity contribution >= 4 is 27.3 Å². The zero-order valence-electron chi connectivity index (χ0n) is 14.6. The first-order chi connectivity index (χ1) is 12.8. The molecule has 0 aliphatic rings. The molecule has 0 saturated carbocycles. The number of amides is 1. The molecule has 1 atom stereocenters. The molecule has 0 aliphatic heterocycles. The smallest absolute Gasteiger partial charge is 0.263 e. The Bertz CT molecular complexity index is 1080. The highest BCUT2D eigenvalue weighted by molar-refractivity contribution is 7.89. The zero-order valence-corrected chi connectivity index (χ0v) is 16.2. The van der Waals surface area contributed by atoms with E-state index < -0.39 is 16.1 Å². The number of aryl methyl sites for hydroxylation is 1. The average Bonchev–Trinajstić information content (AvgIpc) is 3.04. The van der Waals surface area contributed by atoms with Crippen molar-refractivity contribution in [3.05, 3.63) is 58.9 Å². The number of carbonyl (C=O) groups is 1. The van der Waals surface area contributed by atoms with Gasteiger partial charge >= 0.3 is 0 Å². The summed E-state index contributed by atoms with van der Waals surface area (Å²) in [5, 5.41) is 8.57. The summed E-state index contributed by atoms with van der Waals surface area (Å²) < 4.78 is 23.0. The largest absolute Gasteiger partial charge is 0.345 e. The van der Waals surface area contributed by atoms with Crippen molar-refractivity contribution in [1.29, 1.82) is 0 Å². The predicted octanol–water partition coefficient (Wildman–Crippen LogP) is 2.05. The summed E-state index contributed by atoms with van der Waals surface area (Å²) >= 11 is 1.20. The molecule has 1 aromatic carbocycles. The number of nitrogens with zero attached hydrogens (tertiary/aromatic N) is 3. The van der Waals surface area contributed by atoms with Crippen LogP contribution < -0.4 is 10.5 Å². The highest BCUT2D eigenvalue weighted by atomic mass is 32.2. The number of carbonyl (C=O) groups excluding carboxylic acids is 1. The van der Waals surface area contributed by atoms with E-state index in [4.69, 9.17) is 5.14 Å². The summed E-state index contributed by atoms with van der Waals surface area (Å²) in [6, 6.07) is 7.45. The van der Waals surface area contributed by atoms with Crippen molar-refractivity contribution < 1.29 is 13.2 Å². The van der Waals surface area contributed by atoms with Crippen LogP contribution in [0.4, 0.5) is 0 Å². The molecule has 140 valence electrons. The van der Waals surface area contributed by atoms with Crippen molar-refractivity contribution in [2.24, 2.45) is 5.14 Å². The van der Waals surface area contributed by atoms with Gasteiger partial charge in [0.25, 0.3) is 5.91 Å². The first-order valence-corrected chi connectivity index (χ1v) is 10.3. The molecule has 8 nitrogen and oxygen atoms in total. The number of hydrogen-bond donors (Lipinski definition) is 2. The van der Waals surface area contributed by atoms with Crippen LogP contribution in [0.1, 0.15) is 33.9 Å². The SMILES string of the molecule is Cc1nc(-c2ncccn2)sc1C(=O)NC(C)c1cccc(S(N)(=O)=O)c1. The molecule has 2 heterocycles. The number of thiazole rings is 1. The van der Waals surface area contributed by atoms with Gasteiger partial charge in [0.15, 0.2) is 10.8 Å². The lowest BCUT2D eigenvalue weighted by Gasteiger charge is -2.14. The molecule has 3 aromatic rings. The molecule has 1 unspecified atom stereocenters. The van der Waals surface area contributed by atoms with Gasteiger partial charge in [-0.25, -0.2) is 28.5 Å². The fourth-order valence-corrected chi connectivity index (χ4v) is 3.90. The van der Waals surface area contributed by atoms with E-state index in [1.165, 1.54) is 23.5 Å². The maximum Gasteiger partial charge on any atom is 0.263 e. The topological polar surface area (TPSA) is 128 Å². The van der Waals surface area contributed by atoms with Crippen LogP contribution in [0.5, 0.6) is 0 Å². The Morgan fingerprint density at radius 2 is 1.93 bits per heavy atom. The monoisotopic (exact) mass is 403 g/mol. The van der Waals surface area contributed by atoms with E-state index in [1.807, 2.05) is 0 Å². The lowest BCUT2D eigenvalue weighted by molar-refractivity contribution is 0.0943. The van der Waals surface area contributed by atoms with E-state index in [0.29, 0.717) is 27.0 Å². The van der Waals surface area contributed by atoms with Crippen LogP contribution in [-0.2, 0) is 10.0 Å². The third-order valence-corrected chi connectivity index (χ3v) is 5.86. The maximum atomic E-state index is 12.7. The van der Waals surface area contributed by atoms with E-state index in [-0.39, 0.29) is 10.8 Å². The summed E-state index contributed by atoms with van der Waals surface area (Å²) in [6.45, 7) is 3.50. The number of sulfonamides is 1. The Kier molecular flexibility index (Phi) is 5.31. The van der Waals surface area contributed by atoms with Gasteiger partial charge in [0.1, 0.15) is 4.88 Å². The molecule has 10 heteroatoms. The number of primary sulfonamides is 1. The van der Waals surface area contributed by atoms with Crippen molar-refractivity contribution in [1.82, 2.24) is 20.3 Å². The molecule has 3 rings (SSSR count). The third kappa shape index (κ3) is 4.35. The molecular formula is C17H17N5O3S2. The van der Waals surface area contributed by atoms with E-state index in [0.717, 1.165) is 0 Å². The average molecular weight is 403 g/mol. The molecular weight excluding hydrogens is 386 g/mol. The summed E-state index contributed by atoms with van der Waals surface area (Å²) in [6.07, 6.45) is 3.22. The zero-order chi connectivity index (χ0) is 19.6. The van der Waals surface area contributed by atoms with E-state index in [2.05, 4.69) is 20.3 Å². The van der Waals surface area contributed by atoms with Crippen molar-refractivity contribution in [3.8, 4) is 10.8 Å². The molecule has 0 aliphatic carbocycles. The standard InChI is InChI=1S/C17H17N5O3S2/c1-10(12-5-3-6-13(9-12)27(18,24)25)21-16(23)14-11(2)22-17(26-14)15-19-7-4-8-20-15/h3-10H,1-2H3,(H,21,23)(H2,18,24,25). The van der Waals surface area contributed by atoms with Crippen LogP contribution in [0.25, 0.3) is 10.8 Å². The minimum atomic E-state index is -3.81. The van der Waals surface area contributed by atoms with E-state index >= 15 is 0 Å². The van der Waals surface area contributed by atoms with E-state index in [1.54, 1.807) is 44.4 Å². The normalized spacial score (nSPS) is 12.6. The van der Waals surface area contributed by atoms with E-state index in [9.17, 15) is 13.2 Å². The lowest BCUT2D eigenvalue weighted by atomic mass is 10.1. The van der Waals surface area contributed by atoms with Gasteiger partial charge in [0.05, 0.1) is 16.6 Å². The first kappa shape index (κ1) is 19.1. The Hall–Kier alpha value is -2.69. The minimum absolute atomic E-state index is 0.00131. The summed E-state index contributed by atoms with van der Waals surface area (Å²) in [5.41, 5.74) is 1.20. The number of hydrogen-bond acceptors (Lipinski definition) is 7. The molecule has 1 amide bonds. The fraction of sp³-hybridized carbons (Fsp3) is 0.176. The van der Waals surface area contributed by atoms with Crippen LogP contribution in [-0.4, -0.2) is 29.3 Å². The Morgan fingerprint density at radius 1 is 1.22 bits per heavy atom. The first-order valence-electron chi connectivity index (χ1n) is 7.94. The summed E-state index contributed by atoms with van der Waals surface area (Å²) in [5.74, 6) is 0.152. The molecule has 0 fully saturated rings. The van der Waals surface area contributed by atoms with Gasteiger partial charge in [-0.15, -0.1) is 11.3 Å². The molecule has 0 radical (unpaired) electrons. The van der Waals surface area contributed by atoms with Gasteiger partial charge in [-0.2, -0.15) is 0 Å². The third-order valence-electron chi connectivity index (χ3n) is 3.79. The number of nitrogens with one attached hydrogen (secondary N) is 1. The molecule has 0 saturated heterocycles. The van der Waals surface area contributed by atoms with Crippen molar-refractivity contribution in [3.63, 3.8) is 0 Å². The minimum Gasteiger partial charge on any atom is -0.345 e. The fourth-order valence-electron chi connectivity index (χ4n) is 2.42. The maximum absolute atomic E-state index is 12.7. The summed E-state index contributed by atoms with van der Waals surface area (Å²) in [4.78, 5) is 25.7. The van der Waals surface area contributed by atoms with Crippen LogP contribution >= 0.6 is 11.3 Å². The van der Waals surface area contributed by atoms with Gasteiger partial charge in [-0.05, 0) is 37.6 Å². The van der Waals surface area contributed by atoms with Crippen molar-refractivity contribution in [2.45, 2.75) is 24.8 Å². The Morgan fingerprint density at radius 3 is 2.59 bits per heavy atom. The van der Waals surface area contributed by atoms with Crippen LogP contribution in [0.3, 0.4) is 0 Å². The predicted molar refractivity (Wildman–Crippen MR) is 102 cm³/mol. The van der Waals surface area contributed by atoms with Gasteiger partial charge in [-0.3, -0.25) is 4.79 Å². The second-order valence-corrected chi connectivity index (χ2v) is 8.38. The highest BCUT2D eigenvalue weighted by Gasteiger charge is 2.20. The van der Waals surface area contributed by atoms with Crippen LogP contribution in [0, 0.1) is 6.92 Å². The van der Waals surface area contributed by atoms with Crippen LogP contribution in [0.15, 0.2) is 47.6 Å². The molecule has 27 heavy (non-hydrogen) atoms. The molecule has 3 N–H and O–H groups in total. The van der Waals surface area contributed by atoms with Crippen molar-refractivity contribution in [2.75, 3.05) is 0 Å². The van der Waals surface area contributed by atoms with Gasteiger partial charge in [-0.1, -0.05) is 12.1 Å². The number of benzene rings is 1. The molecule has 0 bridgehead atoms. The Labute approximate surface area is 160 Å². The highest BCUT2D eigenvalue weighted by Crippen LogP contribution is 2.26. The summed E-state index contributed by atoms with van der Waals surface area (Å²) in [7, 11) is -3.81. The Balaban J connectivity index is 1.81. The lowest BCUT2D eigenvalue weighted by Crippen LogP contribution is -2.26. The molecule has 0 spiro atoms. The number of rotatable bonds is 5. The van der Waals surface area contributed by atoms with Crippen LogP contribution in [0.2, 0.25) is 0 Å². The van der Waals surface area contributed by atoms with Gasteiger partial charge < -0.3 is 5.32 Å². The van der Waals surface area contributed by atoms with Gasteiger partial charge in [0, 0.05) is 12.4 Å².